The van der Waals surface area contributed by atoms with Crippen molar-refractivity contribution in [3.8, 4) is 0 Å². The number of thioether (sulfide) groups is 1. The third-order valence-electron chi connectivity index (χ3n) is 6.62. The molecule has 1 aliphatic heterocycles. The summed E-state index contributed by atoms with van der Waals surface area (Å²) < 4.78 is 26.6. The van der Waals surface area contributed by atoms with Crippen molar-refractivity contribution in [2.45, 2.75) is 49.3 Å². The van der Waals surface area contributed by atoms with Crippen molar-refractivity contribution in [1.82, 2.24) is 4.72 Å². The number of carbonyl (C=O) groups is 1. The van der Waals surface area contributed by atoms with Crippen molar-refractivity contribution in [1.29, 1.82) is 0 Å². The fraction of sp³-hybridized carbons (Fsp3) is 0.458. The molecule has 0 radical (unpaired) electrons. The summed E-state index contributed by atoms with van der Waals surface area (Å²) in [4.78, 5) is 17.1. The fourth-order valence-electron chi connectivity index (χ4n) is 4.48. The van der Waals surface area contributed by atoms with Crippen LogP contribution in [-0.4, -0.2) is 40.2 Å². The molecule has 6 nitrogen and oxygen atoms in total. The van der Waals surface area contributed by atoms with E-state index >= 15 is 0 Å². The lowest BCUT2D eigenvalue weighted by molar-refractivity contribution is 0.102. The SMILES string of the molecule is CCSc1cc(C)c(C(=O)Nc2cccc(S(=O)(=O)NC)c2)c(N2CCC3(CC2)CC3)c1. The molecule has 1 spiro atoms. The molecule has 2 aromatic rings. The maximum absolute atomic E-state index is 13.4. The summed E-state index contributed by atoms with van der Waals surface area (Å²) >= 11 is 1.78. The summed E-state index contributed by atoms with van der Waals surface area (Å²) in [6, 6.07) is 10.5. The topological polar surface area (TPSA) is 78.5 Å². The van der Waals surface area contributed by atoms with Crippen molar-refractivity contribution in [3.05, 3.63) is 47.5 Å². The normalized spacial score (nSPS) is 17.4. The molecule has 8 heteroatoms. The molecule has 1 amide bonds. The van der Waals surface area contributed by atoms with E-state index in [4.69, 9.17) is 0 Å². The van der Waals surface area contributed by atoms with Crippen LogP contribution in [0, 0.1) is 12.3 Å². The zero-order chi connectivity index (χ0) is 22.9. The molecule has 0 bridgehead atoms. The second-order valence-electron chi connectivity index (χ2n) is 8.74. The van der Waals surface area contributed by atoms with Crippen LogP contribution in [0.25, 0.3) is 0 Å². The van der Waals surface area contributed by atoms with E-state index in [9.17, 15) is 13.2 Å². The first-order chi connectivity index (χ1) is 15.3. The number of nitrogens with one attached hydrogen (secondary N) is 2. The van der Waals surface area contributed by atoms with Crippen LogP contribution in [0.4, 0.5) is 11.4 Å². The number of aryl methyl sites for hydroxylation is 1. The van der Waals surface area contributed by atoms with Gasteiger partial charge in [-0.3, -0.25) is 4.79 Å². The number of amides is 1. The Labute approximate surface area is 195 Å². The van der Waals surface area contributed by atoms with Crippen molar-refractivity contribution in [3.63, 3.8) is 0 Å². The maximum atomic E-state index is 13.4. The standard InChI is InChI=1S/C24H31N3O3S2/c1-4-31-19-14-17(2)22(21(16-19)27-12-10-24(8-9-24)11-13-27)23(28)26-18-6-5-7-20(15-18)32(29,30)25-3/h5-7,14-16,25H,4,8-13H2,1-3H3,(H,26,28). The van der Waals surface area contributed by atoms with Gasteiger partial charge in [0, 0.05) is 23.7 Å². The number of rotatable bonds is 7. The number of nitrogens with zero attached hydrogens (tertiary/aromatic N) is 1. The lowest BCUT2D eigenvalue weighted by Crippen LogP contribution is -2.36. The van der Waals surface area contributed by atoms with E-state index in [-0.39, 0.29) is 10.8 Å². The van der Waals surface area contributed by atoms with Gasteiger partial charge in [0.15, 0.2) is 0 Å². The minimum atomic E-state index is -3.58. The fourth-order valence-corrected chi connectivity index (χ4v) is 6.05. The van der Waals surface area contributed by atoms with E-state index in [1.165, 1.54) is 49.8 Å². The van der Waals surface area contributed by atoms with Crippen LogP contribution in [0.5, 0.6) is 0 Å². The Morgan fingerprint density at radius 3 is 2.47 bits per heavy atom. The smallest absolute Gasteiger partial charge is 0.258 e. The largest absolute Gasteiger partial charge is 0.371 e. The number of hydrogen-bond donors (Lipinski definition) is 2. The third kappa shape index (κ3) is 4.82. The number of benzene rings is 2. The van der Waals surface area contributed by atoms with E-state index in [1.807, 2.05) is 6.92 Å². The predicted molar refractivity (Wildman–Crippen MR) is 131 cm³/mol. The molecule has 1 aliphatic carbocycles. The number of carbonyl (C=O) groups excluding carboxylic acids is 1. The van der Waals surface area contributed by atoms with Crippen LogP contribution >= 0.6 is 11.8 Å². The first kappa shape index (κ1) is 23.1. The minimum absolute atomic E-state index is 0.121. The van der Waals surface area contributed by atoms with Crippen molar-refractivity contribution < 1.29 is 13.2 Å². The number of sulfonamides is 1. The Hall–Kier alpha value is -2.03. The highest BCUT2D eigenvalue weighted by atomic mass is 32.2. The Morgan fingerprint density at radius 1 is 1.12 bits per heavy atom. The Kier molecular flexibility index (Phi) is 6.56. The summed E-state index contributed by atoms with van der Waals surface area (Å²) in [7, 11) is -2.21. The van der Waals surface area contributed by atoms with E-state index in [1.54, 1.807) is 23.9 Å². The summed E-state index contributed by atoms with van der Waals surface area (Å²) in [6.45, 7) is 6.04. The molecule has 1 heterocycles. The molecule has 0 aromatic heterocycles. The van der Waals surface area contributed by atoms with Crippen LogP contribution in [0.2, 0.25) is 0 Å². The molecule has 0 unspecified atom stereocenters. The van der Waals surface area contributed by atoms with E-state index in [0.29, 0.717) is 16.7 Å². The molecule has 2 aliphatic rings. The number of anilines is 2. The van der Waals surface area contributed by atoms with E-state index in [2.05, 4.69) is 34.0 Å². The zero-order valence-corrected chi connectivity index (χ0v) is 20.5. The highest BCUT2D eigenvalue weighted by Crippen LogP contribution is 2.54. The monoisotopic (exact) mass is 473 g/mol. The lowest BCUT2D eigenvalue weighted by Gasteiger charge is -2.35. The first-order valence-electron chi connectivity index (χ1n) is 11.1. The highest BCUT2D eigenvalue weighted by Gasteiger charge is 2.44. The van der Waals surface area contributed by atoms with Crippen LogP contribution in [0.15, 0.2) is 46.2 Å². The molecule has 0 atom stereocenters. The Bertz CT molecular complexity index is 1120. The van der Waals surface area contributed by atoms with Gasteiger partial charge in [-0.15, -0.1) is 11.8 Å². The molecule has 2 N–H and O–H groups in total. The summed E-state index contributed by atoms with van der Waals surface area (Å²) in [5, 5.41) is 2.93. The van der Waals surface area contributed by atoms with Gasteiger partial charge in [-0.05, 0) is 86.7 Å². The highest BCUT2D eigenvalue weighted by molar-refractivity contribution is 7.99. The second-order valence-corrected chi connectivity index (χ2v) is 12.0. The van der Waals surface area contributed by atoms with Crippen LogP contribution in [-0.2, 0) is 10.0 Å². The molecule has 1 saturated carbocycles. The van der Waals surface area contributed by atoms with Crippen molar-refractivity contribution >= 4 is 39.1 Å². The van der Waals surface area contributed by atoms with E-state index < -0.39 is 10.0 Å². The summed E-state index contributed by atoms with van der Waals surface area (Å²) in [5.41, 5.74) is 3.59. The van der Waals surface area contributed by atoms with E-state index in [0.717, 1.165) is 30.1 Å². The first-order valence-corrected chi connectivity index (χ1v) is 13.6. The average Bonchev–Trinajstić information content (AvgIpc) is 3.53. The molecule has 172 valence electrons. The van der Waals surface area contributed by atoms with Gasteiger partial charge >= 0.3 is 0 Å². The van der Waals surface area contributed by atoms with Crippen LogP contribution < -0.4 is 14.9 Å². The Balaban J connectivity index is 1.64. The lowest BCUT2D eigenvalue weighted by atomic mass is 9.92. The molecule has 2 fully saturated rings. The van der Waals surface area contributed by atoms with Gasteiger partial charge in [0.25, 0.3) is 5.91 Å². The Morgan fingerprint density at radius 2 is 1.84 bits per heavy atom. The van der Waals surface area contributed by atoms with Gasteiger partial charge in [-0.1, -0.05) is 13.0 Å². The van der Waals surface area contributed by atoms with Gasteiger partial charge in [0.2, 0.25) is 10.0 Å². The minimum Gasteiger partial charge on any atom is -0.371 e. The molecule has 4 rings (SSSR count). The third-order valence-corrected chi connectivity index (χ3v) is 8.89. The van der Waals surface area contributed by atoms with Gasteiger partial charge < -0.3 is 10.2 Å². The quantitative estimate of drug-likeness (QED) is 0.573. The molecule has 32 heavy (non-hydrogen) atoms. The van der Waals surface area contributed by atoms with Gasteiger partial charge in [0.1, 0.15) is 0 Å². The molecule has 1 saturated heterocycles. The van der Waals surface area contributed by atoms with Crippen LogP contribution in [0.3, 0.4) is 0 Å². The van der Waals surface area contributed by atoms with Gasteiger partial charge in [-0.25, -0.2) is 13.1 Å². The van der Waals surface area contributed by atoms with Crippen molar-refractivity contribution in [2.24, 2.45) is 5.41 Å². The number of hydrogen-bond acceptors (Lipinski definition) is 5. The maximum Gasteiger partial charge on any atom is 0.258 e. The van der Waals surface area contributed by atoms with Gasteiger partial charge in [0.05, 0.1) is 16.1 Å². The van der Waals surface area contributed by atoms with Gasteiger partial charge in [-0.2, -0.15) is 0 Å². The molecule has 2 aromatic carbocycles. The van der Waals surface area contributed by atoms with Crippen LogP contribution in [0.1, 0.15) is 48.5 Å². The zero-order valence-electron chi connectivity index (χ0n) is 18.9. The molecular formula is C24H31N3O3S2. The summed E-state index contributed by atoms with van der Waals surface area (Å²) in [6.07, 6.45) is 5.04. The predicted octanol–water partition coefficient (Wildman–Crippen LogP) is 4.65. The second kappa shape index (κ2) is 9.08. The summed E-state index contributed by atoms with van der Waals surface area (Å²) in [5.74, 6) is 0.761. The van der Waals surface area contributed by atoms with Crippen molar-refractivity contribution in [2.75, 3.05) is 36.1 Å². The molecular weight excluding hydrogens is 442 g/mol. The average molecular weight is 474 g/mol. The number of piperidine rings is 1.